The summed E-state index contributed by atoms with van der Waals surface area (Å²) in [7, 11) is 0. The molecule has 0 atom stereocenters. The van der Waals surface area contributed by atoms with Gasteiger partial charge in [0.15, 0.2) is 5.69 Å². The van der Waals surface area contributed by atoms with E-state index in [4.69, 9.17) is 5.73 Å². The zero-order valence-corrected chi connectivity index (χ0v) is 15.1. The molecule has 2 aromatic rings. The van der Waals surface area contributed by atoms with Crippen molar-refractivity contribution in [1.82, 2.24) is 15.1 Å². The summed E-state index contributed by atoms with van der Waals surface area (Å²) in [5.41, 5.74) is 9.91. The zero-order valence-electron chi connectivity index (χ0n) is 14.3. The second kappa shape index (κ2) is 7.58. The van der Waals surface area contributed by atoms with Gasteiger partial charge in [-0.25, -0.2) is 4.68 Å². The van der Waals surface area contributed by atoms with E-state index in [9.17, 15) is 4.79 Å². The van der Waals surface area contributed by atoms with E-state index in [2.05, 4.69) is 10.4 Å². The number of carbonyl (C=O) groups excluding carboxylic acids is 1. The Morgan fingerprint density at radius 3 is 2.56 bits per heavy atom. The van der Waals surface area contributed by atoms with E-state index >= 15 is 0 Å². The topological polar surface area (TPSA) is 72.9 Å². The maximum Gasteiger partial charge on any atom is 0.272 e. The molecule has 1 heterocycles. The second-order valence-corrected chi connectivity index (χ2v) is 6.96. The highest BCUT2D eigenvalue weighted by Crippen LogP contribution is 2.28. The van der Waals surface area contributed by atoms with Gasteiger partial charge in [0, 0.05) is 23.3 Å². The lowest BCUT2D eigenvalue weighted by molar-refractivity contribution is 0.0919. The van der Waals surface area contributed by atoms with Crippen LogP contribution in [0.15, 0.2) is 30.3 Å². The Hall–Kier alpha value is -1.85. The van der Waals surface area contributed by atoms with Crippen molar-refractivity contribution in [2.75, 3.05) is 0 Å². The molecule has 0 unspecified atom stereocenters. The smallest absolute Gasteiger partial charge is 0.272 e. The molecule has 1 saturated carbocycles. The molecule has 25 heavy (non-hydrogen) atoms. The zero-order chi connectivity index (χ0) is 16.5. The lowest BCUT2D eigenvalue weighted by Gasteiger charge is -2.26. The van der Waals surface area contributed by atoms with Crippen LogP contribution >= 0.6 is 12.4 Å². The van der Waals surface area contributed by atoms with Gasteiger partial charge in [0.2, 0.25) is 0 Å². The average molecular weight is 361 g/mol. The fourth-order valence-corrected chi connectivity index (χ4v) is 3.92. The van der Waals surface area contributed by atoms with Gasteiger partial charge in [0.05, 0.1) is 5.69 Å². The Morgan fingerprint density at radius 2 is 1.84 bits per heavy atom. The van der Waals surface area contributed by atoms with Gasteiger partial charge < -0.3 is 11.1 Å². The number of aromatic nitrogens is 2. The fourth-order valence-electron chi connectivity index (χ4n) is 3.92. The molecular weight excluding hydrogens is 336 g/mol. The molecule has 5 nitrogen and oxygen atoms in total. The summed E-state index contributed by atoms with van der Waals surface area (Å²) in [6.45, 7) is 0. The third kappa shape index (κ3) is 3.58. The van der Waals surface area contributed by atoms with E-state index in [0.29, 0.717) is 11.7 Å². The number of rotatable bonds is 3. The summed E-state index contributed by atoms with van der Waals surface area (Å²) in [4.78, 5) is 12.8. The Bertz CT molecular complexity index is 735. The van der Waals surface area contributed by atoms with Crippen LogP contribution in [0.4, 0.5) is 0 Å². The number of nitrogens with zero attached hydrogens (tertiary/aromatic N) is 2. The number of amides is 1. The number of benzene rings is 1. The summed E-state index contributed by atoms with van der Waals surface area (Å²) >= 11 is 0. The minimum absolute atomic E-state index is 0. The number of hydrogen-bond acceptors (Lipinski definition) is 3. The Morgan fingerprint density at radius 1 is 1.12 bits per heavy atom. The van der Waals surface area contributed by atoms with E-state index in [-0.39, 0.29) is 24.4 Å². The second-order valence-electron chi connectivity index (χ2n) is 6.96. The first-order valence-corrected chi connectivity index (χ1v) is 8.95. The first-order chi connectivity index (χ1) is 11.7. The minimum Gasteiger partial charge on any atom is -0.348 e. The number of para-hydroxylation sites is 1. The van der Waals surface area contributed by atoms with Crippen LogP contribution in [0.25, 0.3) is 5.69 Å². The van der Waals surface area contributed by atoms with Gasteiger partial charge in [-0.2, -0.15) is 5.10 Å². The van der Waals surface area contributed by atoms with Crippen LogP contribution in [0.2, 0.25) is 0 Å². The molecule has 0 aliphatic heterocycles. The van der Waals surface area contributed by atoms with Gasteiger partial charge >= 0.3 is 0 Å². The van der Waals surface area contributed by atoms with Crippen LogP contribution in [0, 0.1) is 0 Å². The predicted molar refractivity (Wildman–Crippen MR) is 101 cm³/mol. The Balaban J connectivity index is 0.00000182. The lowest BCUT2D eigenvalue weighted by Crippen LogP contribution is -2.40. The number of hydrogen-bond donors (Lipinski definition) is 2. The maximum absolute atomic E-state index is 12.8. The molecule has 1 fully saturated rings. The first kappa shape index (κ1) is 18.0. The van der Waals surface area contributed by atoms with Crippen molar-refractivity contribution < 1.29 is 4.79 Å². The molecule has 1 aromatic carbocycles. The average Bonchev–Trinajstić information content (AvgIpc) is 3.20. The van der Waals surface area contributed by atoms with E-state index < -0.39 is 0 Å². The van der Waals surface area contributed by atoms with Crippen molar-refractivity contribution in [2.45, 2.75) is 57.0 Å². The summed E-state index contributed by atoms with van der Waals surface area (Å²) in [5, 5.41) is 7.84. The van der Waals surface area contributed by atoms with Crippen LogP contribution in [-0.4, -0.2) is 27.8 Å². The number of halogens is 1. The van der Waals surface area contributed by atoms with Crippen LogP contribution in [0.3, 0.4) is 0 Å². The van der Waals surface area contributed by atoms with Crippen LogP contribution in [0.5, 0.6) is 0 Å². The van der Waals surface area contributed by atoms with Gasteiger partial charge in [-0.1, -0.05) is 18.2 Å². The molecule has 0 bridgehead atoms. The minimum atomic E-state index is -0.0247. The van der Waals surface area contributed by atoms with Crippen LogP contribution < -0.4 is 11.1 Å². The molecule has 6 heteroatoms. The number of fused-ring (bicyclic) bond motifs is 1. The molecule has 4 rings (SSSR count). The van der Waals surface area contributed by atoms with Crippen molar-refractivity contribution in [3.8, 4) is 5.69 Å². The van der Waals surface area contributed by atoms with E-state index in [1.54, 1.807) is 0 Å². The highest BCUT2D eigenvalue weighted by Gasteiger charge is 2.28. The summed E-state index contributed by atoms with van der Waals surface area (Å²) < 4.78 is 1.95. The summed E-state index contributed by atoms with van der Waals surface area (Å²) in [5.74, 6) is -0.0247. The van der Waals surface area contributed by atoms with Gasteiger partial charge in [-0.05, 0) is 57.1 Å². The SMILES string of the molecule is Cl.NC1CCC(NC(=O)c2nn(-c3ccccc3)c3c2CCC3)CC1. The highest BCUT2D eigenvalue weighted by molar-refractivity contribution is 5.94. The van der Waals surface area contributed by atoms with Crippen LogP contribution in [-0.2, 0) is 12.8 Å². The fraction of sp³-hybridized carbons (Fsp3) is 0.474. The van der Waals surface area contributed by atoms with Crippen molar-refractivity contribution in [3.63, 3.8) is 0 Å². The third-order valence-electron chi connectivity index (χ3n) is 5.25. The van der Waals surface area contributed by atoms with Crippen molar-refractivity contribution >= 4 is 18.3 Å². The molecule has 2 aliphatic carbocycles. The Kier molecular flexibility index (Phi) is 5.45. The van der Waals surface area contributed by atoms with Gasteiger partial charge in [0.1, 0.15) is 0 Å². The molecule has 0 spiro atoms. The van der Waals surface area contributed by atoms with Crippen LogP contribution in [0.1, 0.15) is 53.8 Å². The molecule has 0 saturated heterocycles. The van der Waals surface area contributed by atoms with Crippen molar-refractivity contribution in [3.05, 3.63) is 47.3 Å². The molecular formula is C19H25ClN4O. The largest absolute Gasteiger partial charge is 0.348 e. The number of nitrogens with one attached hydrogen (secondary N) is 1. The first-order valence-electron chi connectivity index (χ1n) is 8.95. The number of carbonyl (C=O) groups is 1. The molecule has 1 aromatic heterocycles. The quantitative estimate of drug-likeness (QED) is 0.883. The highest BCUT2D eigenvalue weighted by atomic mass is 35.5. The van der Waals surface area contributed by atoms with Gasteiger partial charge in [0.25, 0.3) is 5.91 Å². The molecule has 2 aliphatic rings. The van der Waals surface area contributed by atoms with Gasteiger partial charge in [-0.15, -0.1) is 12.4 Å². The third-order valence-corrected chi connectivity index (χ3v) is 5.25. The molecule has 1 amide bonds. The normalized spacial score (nSPS) is 22.1. The summed E-state index contributed by atoms with van der Waals surface area (Å²) in [6.07, 6.45) is 6.94. The Labute approximate surface area is 154 Å². The maximum atomic E-state index is 12.8. The lowest BCUT2D eigenvalue weighted by atomic mass is 9.92. The van der Waals surface area contributed by atoms with Crippen molar-refractivity contribution in [1.29, 1.82) is 0 Å². The standard InChI is InChI=1S/C19H24N4O.ClH/c20-13-9-11-14(12-10-13)21-19(24)18-16-7-4-8-17(16)23(22-18)15-5-2-1-3-6-15;/h1-3,5-6,13-14H,4,7-12,20H2,(H,21,24);1H. The number of nitrogens with two attached hydrogens (primary N) is 1. The molecule has 3 N–H and O–H groups in total. The van der Waals surface area contributed by atoms with Crippen molar-refractivity contribution in [2.24, 2.45) is 5.73 Å². The van der Waals surface area contributed by atoms with Gasteiger partial charge in [-0.3, -0.25) is 4.79 Å². The summed E-state index contributed by atoms with van der Waals surface area (Å²) in [6, 6.07) is 10.6. The van der Waals surface area contributed by atoms with E-state index in [1.165, 1.54) is 5.69 Å². The van der Waals surface area contributed by atoms with E-state index in [0.717, 1.165) is 56.2 Å². The molecule has 134 valence electrons. The monoisotopic (exact) mass is 360 g/mol. The van der Waals surface area contributed by atoms with E-state index in [1.807, 2.05) is 35.0 Å². The predicted octanol–water partition coefficient (Wildman–Crippen LogP) is 2.78. The molecule has 0 radical (unpaired) electrons.